The van der Waals surface area contributed by atoms with Crippen molar-refractivity contribution in [3.05, 3.63) is 114 Å². The molecule has 0 aliphatic heterocycles. The lowest BCUT2D eigenvalue weighted by atomic mass is 9.54. The first-order valence-electron chi connectivity index (χ1n) is 12.1. The summed E-state index contributed by atoms with van der Waals surface area (Å²) >= 11 is 0. The largest absolute Gasteiger partial charge is 0.489 e. The zero-order valence-electron chi connectivity index (χ0n) is 20.8. The Hall–Kier alpha value is -4.43. The molecule has 38 heavy (non-hydrogen) atoms. The highest BCUT2D eigenvalue weighted by Gasteiger charge is 2.64. The highest BCUT2D eigenvalue weighted by atomic mass is 16.5. The van der Waals surface area contributed by atoms with Crippen molar-refractivity contribution in [1.29, 1.82) is 0 Å². The Kier molecular flexibility index (Phi) is 7.64. The quantitative estimate of drug-likeness (QED) is 0.288. The number of carbonyl (C=O) groups excluding carboxylic acids is 1. The molecule has 3 aromatic rings. The van der Waals surface area contributed by atoms with Crippen LogP contribution in [0.4, 0.5) is 0 Å². The lowest BCUT2D eigenvalue weighted by Crippen LogP contribution is -2.63. The van der Waals surface area contributed by atoms with E-state index in [1.165, 1.54) is 31.2 Å². The molecule has 196 valence electrons. The molecule has 4 N–H and O–H groups in total. The number of carboxylic acid groups (broad SMARTS) is 2. The molecule has 0 heterocycles. The van der Waals surface area contributed by atoms with E-state index in [-0.39, 0.29) is 12.2 Å². The number of hydrogen-bond donors (Lipinski definition) is 3. The Balaban J connectivity index is 1.71. The summed E-state index contributed by atoms with van der Waals surface area (Å²) in [6.45, 7) is 1.45. The highest BCUT2D eigenvalue weighted by molar-refractivity contribution is 5.96. The van der Waals surface area contributed by atoms with E-state index in [0.717, 1.165) is 5.56 Å². The molecule has 1 aliphatic rings. The lowest BCUT2D eigenvalue weighted by molar-refractivity contribution is -0.175. The topological polar surface area (TPSA) is 136 Å². The van der Waals surface area contributed by atoms with Crippen LogP contribution in [0.2, 0.25) is 0 Å². The van der Waals surface area contributed by atoms with Gasteiger partial charge in [-0.25, -0.2) is 0 Å². The van der Waals surface area contributed by atoms with Gasteiger partial charge in [-0.2, -0.15) is 0 Å². The van der Waals surface area contributed by atoms with Crippen LogP contribution in [0.1, 0.15) is 23.6 Å². The molecule has 8 heteroatoms. The molecular weight excluding hydrogens is 486 g/mol. The van der Waals surface area contributed by atoms with Crippen LogP contribution in [0.25, 0.3) is 0 Å². The lowest BCUT2D eigenvalue weighted by Gasteiger charge is -2.47. The van der Waals surface area contributed by atoms with Crippen LogP contribution in [0.15, 0.2) is 97.1 Å². The molecule has 1 aliphatic carbocycles. The van der Waals surface area contributed by atoms with E-state index < -0.39 is 40.7 Å². The Morgan fingerprint density at radius 2 is 1.37 bits per heavy atom. The van der Waals surface area contributed by atoms with Gasteiger partial charge < -0.3 is 25.4 Å². The molecule has 0 saturated heterocycles. The minimum Gasteiger partial charge on any atom is -0.489 e. The summed E-state index contributed by atoms with van der Waals surface area (Å²) in [4.78, 5) is 39.1. The Labute approximate surface area is 220 Å². The van der Waals surface area contributed by atoms with Gasteiger partial charge in [0.15, 0.2) is 0 Å². The van der Waals surface area contributed by atoms with Crippen molar-refractivity contribution in [1.82, 2.24) is 0 Å². The van der Waals surface area contributed by atoms with Crippen molar-refractivity contribution in [2.45, 2.75) is 31.6 Å². The SMILES string of the molecule is CC1(C(=O)O)C(N)C=CC(C(=O)O)(c2ccc(OCc3ccccc3)cc2)[C@@H]1C(=O)OCc1ccccc1. The van der Waals surface area contributed by atoms with Crippen molar-refractivity contribution < 1.29 is 34.1 Å². The van der Waals surface area contributed by atoms with E-state index in [2.05, 4.69) is 0 Å². The van der Waals surface area contributed by atoms with Crippen molar-refractivity contribution in [3.8, 4) is 5.75 Å². The third-order valence-corrected chi connectivity index (χ3v) is 7.17. The van der Waals surface area contributed by atoms with Crippen LogP contribution in [0.3, 0.4) is 0 Å². The molecule has 4 atom stereocenters. The molecule has 4 rings (SSSR count). The molecular formula is C30H29NO7. The molecule has 3 unspecified atom stereocenters. The number of rotatable bonds is 9. The van der Waals surface area contributed by atoms with Gasteiger partial charge >= 0.3 is 17.9 Å². The van der Waals surface area contributed by atoms with Gasteiger partial charge in [-0.3, -0.25) is 14.4 Å². The predicted octanol–water partition coefficient (Wildman–Crippen LogP) is 3.94. The van der Waals surface area contributed by atoms with Crippen LogP contribution < -0.4 is 10.5 Å². The van der Waals surface area contributed by atoms with Crippen molar-refractivity contribution in [2.24, 2.45) is 17.1 Å². The Morgan fingerprint density at radius 1 is 0.816 bits per heavy atom. The molecule has 0 bridgehead atoms. The zero-order chi connectivity index (χ0) is 27.3. The van der Waals surface area contributed by atoms with E-state index in [9.17, 15) is 24.6 Å². The van der Waals surface area contributed by atoms with Crippen molar-refractivity contribution in [3.63, 3.8) is 0 Å². The number of hydrogen-bond acceptors (Lipinski definition) is 6. The first-order valence-corrected chi connectivity index (χ1v) is 12.1. The molecule has 0 saturated carbocycles. The van der Waals surface area contributed by atoms with Gasteiger partial charge in [0.1, 0.15) is 24.4 Å². The van der Waals surface area contributed by atoms with E-state index in [4.69, 9.17) is 15.2 Å². The smallest absolute Gasteiger partial charge is 0.318 e. The Bertz CT molecular complexity index is 1320. The van der Waals surface area contributed by atoms with Gasteiger partial charge in [-0.15, -0.1) is 0 Å². The summed E-state index contributed by atoms with van der Waals surface area (Å²) in [5.41, 5.74) is 4.00. The minimum absolute atomic E-state index is 0.146. The van der Waals surface area contributed by atoms with Crippen LogP contribution in [-0.2, 0) is 37.7 Å². The summed E-state index contributed by atoms with van der Waals surface area (Å²) in [6.07, 6.45) is 2.64. The van der Waals surface area contributed by atoms with Gasteiger partial charge in [-0.05, 0) is 35.7 Å². The van der Waals surface area contributed by atoms with Crippen LogP contribution >= 0.6 is 0 Å². The number of aliphatic carboxylic acids is 2. The second-order valence-corrected chi connectivity index (χ2v) is 9.47. The second-order valence-electron chi connectivity index (χ2n) is 9.47. The average Bonchev–Trinajstić information content (AvgIpc) is 2.93. The standard InChI is InChI=1S/C30H29NO7/c1-29(27(33)34)24(31)16-17-30(28(35)36,25(29)26(32)38-19-21-10-6-3-7-11-21)22-12-14-23(15-13-22)37-18-20-8-4-2-5-9-20/h2-17,24-25H,18-19,31H2,1H3,(H,33,34)(H,35,36)/t24?,25-,29?,30?/m1/s1. The monoisotopic (exact) mass is 515 g/mol. The number of carbonyl (C=O) groups is 3. The first-order chi connectivity index (χ1) is 18.2. The molecule has 3 aromatic carbocycles. The number of esters is 1. The van der Waals surface area contributed by atoms with Gasteiger partial charge in [0.2, 0.25) is 0 Å². The fourth-order valence-electron chi connectivity index (χ4n) is 4.87. The maximum atomic E-state index is 13.6. The maximum Gasteiger partial charge on any atom is 0.318 e. The molecule has 8 nitrogen and oxygen atoms in total. The summed E-state index contributed by atoms with van der Waals surface area (Å²) in [7, 11) is 0. The van der Waals surface area contributed by atoms with Crippen LogP contribution in [-0.4, -0.2) is 34.2 Å². The van der Waals surface area contributed by atoms with Crippen molar-refractivity contribution in [2.75, 3.05) is 0 Å². The highest BCUT2D eigenvalue weighted by Crippen LogP contribution is 2.50. The molecule has 0 aromatic heterocycles. The summed E-state index contributed by atoms with van der Waals surface area (Å²) in [5.74, 6) is -4.94. The van der Waals surface area contributed by atoms with Gasteiger partial charge in [0.25, 0.3) is 0 Å². The maximum absolute atomic E-state index is 13.6. The fraction of sp³-hybridized carbons (Fsp3) is 0.233. The molecule has 0 spiro atoms. The van der Waals surface area contributed by atoms with E-state index in [1.807, 2.05) is 30.3 Å². The predicted molar refractivity (Wildman–Crippen MR) is 139 cm³/mol. The van der Waals surface area contributed by atoms with Crippen LogP contribution in [0, 0.1) is 11.3 Å². The summed E-state index contributed by atoms with van der Waals surface area (Å²) in [5, 5.41) is 20.8. The molecule has 0 fully saturated rings. The number of carboxylic acids is 2. The summed E-state index contributed by atoms with van der Waals surface area (Å²) < 4.78 is 11.3. The Morgan fingerprint density at radius 3 is 1.89 bits per heavy atom. The van der Waals surface area contributed by atoms with E-state index >= 15 is 0 Å². The third-order valence-electron chi connectivity index (χ3n) is 7.17. The third kappa shape index (κ3) is 4.90. The number of ether oxygens (including phenoxy) is 2. The molecule has 0 radical (unpaired) electrons. The van der Waals surface area contributed by atoms with E-state index in [0.29, 0.717) is 17.9 Å². The molecule has 0 amide bonds. The normalized spacial score (nSPS) is 24.4. The average molecular weight is 516 g/mol. The second kappa shape index (κ2) is 10.9. The van der Waals surface area contributed by atoms with Gasteiger partial charge in [0.05, 0.1) is 11.3 Å². The van der Waals surface area contributed by atoms with E-state index in [1.54, 1.807) is 42.5 Å². The first kappa shape index (κ1) is 26.6. The summed E-state index contributed by atoms with van der Waals surface area (Å²) in [6, 6.07) is 23.5. The van der Waals surface area contributed by atoms with Crippen LogP contribution in [0.5, 0.6) is 5.75 Å². The minimum atomic E-state index is -2.05. The van der Waals surface area contributed by atoms with Crippen molar-refractivity contribution >= 4 is 17.9 Å². The van der Waals surface area contributed by atoms with Gasteiger partial charge in [-0.1, -0.05) is 84.9 Å². The zero-order valence-corrected chi connectivity index (χ0v) is 20.8. The van der Waals surface area contributed by atoms with Gasteiger partial charge in [0, 0.05) is 6.04 Å². The fourth-order valence-corrected chi connectivity index (χ4v) is 4.87. The number of nitrogens with two attached hydrogens (primary N) is 1. The number of benzene rings is 3.